The highest BCUT2D eigenvalue weighted by atomic mass is 32.1. The number of nitrogens with zero attached hydrogens (tertiary/aromatic N) is 3. The average Bonchev–Trinajstić information content (AvgIpc) is 3.15. The van der Waals surface area contributed by atoms with Crippen LogP contribution in [0.2, 0.25) is 0 Å². The number of hydrogen-bond acceptors (Lipinski definition) is 5. The molecule has 3 heterocycles. The van der Waals surface area contributed by atoms with Crippen molar-refractivity contribution in [3.8, 4) is 0 Å². The molecule has 2 aromatic rings. The Morgan fingerprint density at radius 1 is 1.42 bits per heavy atom. The van der Waals surface area contributed by atoms with Gasteiger partial charge in [0.05, 0.1) is 22.9 Å². The molecule has 0 saturated carbocycles. The normalized spacial score (nSPS) is 18.2. The van der Waals surface area contributed by atoms with Crippen LogP contribution in [0, 0.1) is 13.8 Å². The van der Waals surface area contributed by atoms with E-state index in [1.54, 1.807) is 11.3 Å². The minimum absolute atomic E-state index is 0.164. The van der Waals surface area contributed by atoms with Crippen LogP contribution < -0.4 is 0 Å². The lowest BCUT2D eigenvalue weighted by Gasteiger charge is -2.24. The van der Waals surface area contributed by atoms with Gasteiger partial charge in [0.25, 0.3) is 0 Å². The first-order valence-corrected chi connectivity index (χ1v) is 9.23. The number of aliphatic carboxylic acids is 1. The van der Waals surface area contributed by atoms with Crippen molar-refractivity contribution in [2.45, 2.75) is 52.1 Å². The molecule has 2 aromatic heterocycles. The molecular weight excluding hydrogens is 322 g/mol. The highest BCUT2D eigenvalue weighted by Crippen LogP contribution is 2.33. The zero-order chi connectivity index (χ0) is 17.1. The van der Waals surface area contributed by atoms with E-state index < -0.39 is 5.97 Å². The number of pyridine rings is 1. The summed E-state index contributed by atoms with van der Waals surface area (Å²) in [5, 5.41) is 8.91. The van der Waals surface area contributed by atoms with Crippen LogP contribution in [0.3, 0.4) is 0 Å². The molecule has 1 atom stereocenters. The zero-order valence-corrected chi connectivity index (χ0v) is 15.0. The van der Waals surface area contributed by atoms with Gasteiger partial charge in [0.1, 0.15) is 0 Å². The van der Waals surface area contributed by atoms with E-state index in [4.69, 9.17) is 10.1 Å². The molecule has 5 nitrogen and oxygen atoms in total. The number of carbonyl (C=O) groups is 1. The summed E-state index contributed by atoms with van der Waals surface area (Å²) in [7, 11) is 0. The third-order valence-corrected chi connectivity index (χ3v) is 5.48. The molecule has 0 unspecified atom stereocenters. The van der Waals surface area contributed by atoms with Crippen LogP contribution in [-0.4, -0.2) is 32.5 Å². The van der Waals surface area contributed by atoms with Gasteiger partial charge in [-0.1, -0.05) is 0 Å². The van der Waals surface area contributed by atoms with E-state index in [0.29, 0.717) is 12.5 Å². The Morgan fingerprint density at radius 2 is 2.25 bits per heavy atom. The summed E-state index contributed by atoms with van der Waals surface area (Å²) in [6.45, 7) is 6.04. The van der Waals surface area contributed by atoms with Gasteiger partial charge in [-0.3, -0.25) is 14.7 Å². The summed E-state index contributed by atoms with van der Waals surface area (Å²) >= 11 is 1.71. The topological polar surface area (TPSA) is 66.3 Å². The van der Waals surface area contributed by atoms with Crippen molar-refractivity contribution in [1.82, 2.24) is 14.9 Å². The van der Waals surface area contributed by atoms with Crippen molar-refractivity contribution >= 4 is 17.3 Å². The van der Waals surface area contributed by atoms with Gasteiger partial charge in [-0.25, -0.2) is 4.98 Å². The van der Waals surface area contributed by atoms with Crippen LogP contribution >= 0.6 is 11.3 Å². The van der Waals surface area contributed by atoms with Crippen molar-refractivity contribution < 1.29 is 9.90 Å². The maximum atomic E-state index is 10.8. The summed E-state index contributed by atoms with van der Waals surface area (Å²) in [6, 6.07) is 4.41. The first-order chi connectivity index (χ1) is 11.5. The predicted octanol–water partition coefficient (Wildman–Crippen LogP) is 3.51. The molecule has 128 valence electrons. The summed E-state index contributed by atoms with van der Waals surface area (Å²) in [6.07, 6.45) is 3.00. The number of carboxylic acid groups (broad SMARTS) is 1. The SMILES string of the molecule is Cc1cc(CCC(=O)O)cc([C@H]2CCCN2Cc2scnc2C)n1. The fourth-order valence-corrected chi connectivity index (χ4v) is 4.15. The predicted molar refractivity (Wildman–Crippen MR) is 94.2 cm³/mol. The molecular formula is C18H23N3O2S. The summed E-state index contributed by atoms with van der Waals surface area (Å²) in [5.41, 5.74) is 6.14. The number of aromatic nitrogens is 2. The second-order valence-corrected chi connectivity index (χ2v) is 7.36. The molecule has 1 aliphatic heterocycles. The highest BCUT2D eigenvalue weighted by molar-refractivity contribution is 7.09. The number of carboxylic acids is 1. The van der Waals surface area contributed by atoms with Gasteiger partial charge in [-0.2, -0.15) is 0 Å². The molecule has 0 radical (unpaired) electrons. The maximum Gasteiger partial charge on any atom is 0.303 e. The molecule has 0 bridgehead atoms. The molecule has 1 fully saturated rings. The van der Waals surface area contributed by atoms with Crippen molar-refractivity contribution in [3.05, 3.63) is 45.2 Å². The van der Waals surface area contributed by atoms with Gasteiger partial charge in [-0.15, -0.1) is 11.3 Å². The Balaban J connectivity index is 1.78. The Hall–Kier alpha value is -1.79. The lowest BCUT2D eigenvalue weighted by atomic mass is 10.0. The van der Waals surface area contributed by atoms with E-state index in [-0.39, 0.29) is 6.42 Å². The van der Waals surface area contributed by atoms with E-state index >= 15 is 0 Å². The maximum absolute atomic E-state index is 10.8. The quantitative estimate of drug-likeness (QED) is 0.868. The third-order valence-electron chi connectivity index (χ3n) is 4.56. The lowest BCUT2D eigenvalue weighted by molar-refractivity contribution is -0.136. The number of rotatable bonds is 6. The molecule has 0 spiro atoms. The van der Waals surface area contributed by atoms with E-state index in [9.17, 15) is 4.79 Å². The number of hydrogen-bond donors (Lipinski definition) is 1. The second-order valence-electron chi connectivity index (χ2n) is 6.42. The van der Waals surface area contributed by atoms with E-state index in [1.807, 2.05) is 18.5 Å². The molecule has 1 N–H and O–H groups in total. The van der Waals surface area contributed by atoms with Crippen LogP contribution in [-0.2, 0) is 17.8 Å². The summed E-state index contributed by atoms with van der Waals surface area (Å²) in [4.78, 5) is 23.7. The van der Waals surface area contributed by atoms with E-state index in [1.165, 1.54) is 11.3 Å². The van der Waals surface area contributed by atoms with E-state index in [0.717, 1.165) is 42.2 Å². The fraction of sp³-hybridized carbons (Fsp3) is 0.500. The Bertz CT molecular complexity index is 729. The van der Waals surface area contributed by atoms with Crippen LogP contribution in [0.1, 0.15) is 52.8 Å². The van der Waals surface area contributed by atoms with Crippen molar-refractivity contribution in [3.63, 3.8) is 0 Å². The van der Waals surface area contributed by atoms with Crippen LogP contribution in [0.5, 0.6) is 0 Å². The standard InChI is InChI=1S/C18H23N3O2S/c1-12-8-14(5-6-18(22)23)9-15(20-12)16-4-3-7-21(16)10-17-13(2)19-11-24-17/h8-9,11,16H,3-7,10H2,1-2H3,(H,22,23)/t16-/m1/s1. The summed E-state index contributed by atoms with van der Waals surface area (Å²) < 4.78 is 0. The molecule has 1 aliphatic rings. The van der Waals surface area contributed by atoms with Gasteiger partial charge < -0.3 is 5.11 Å². The summed E-state index contributed by atoms with van der Waals surface area (Å²) in [5.74, 6) is -0.755. The van der Waals surface area contributed by atoms with Crippen LogP contribution in [0.4, 0.5) is 0 Å². The molecule has 1 saturated heterocycles. The molecule has 0 aliphatic carbocycles. The first kappa shape index (κ1) is 17.0. The highest BCUT2D eigenvalue weighted by Gasteiger charge is 2.28. The monoisotopic (exact) mass is 345 g/mol. The minimum atomic E-state index is -0.755. The number of likely N-dealkylation sites (tertiary alicyclic amines) is 1. The molecule has 6 heteroatoms. The molecule has 0 aromatic carbocycles. The smallest absolute Gasteiger partial charge is 0.303 e. The van der Waals surface area contributed by atoms with E-state index in [2.05, 4.69) is 22.9 Å². The fourth-order valence-electron chi connectivity index (χ4n) is 3.35. The number of aryl methyl sites for hydroxylation is 3. The van der Waals surface area contributed by atoms with Crippen molar-refractivity contribution in [2.75, 3.05) is 6.54 Å². The van der Waals surface area contributed by atoms with Gasteiger partial charge in [-0.05, 0) is 57.4 Å². The Kier molecular flexibility index (Phi) is 5.26. The van der Waals surface area contributed by atoms with Gasteiger partial charge in [0, 0.05) is 23.5 Å². The Morgan fingerprint density at radius 3 is 2.96 bits per heavy atom. The third kappa shape index (κ3) is 3.99. The van der Waals surface area contributed by atoms with Gasteiger partial charge in [0.2, 0.25) is 0 Å². The van der Waals surface area contributed by atoms with Crippen molar-refractivity contribution in [2.24, 2.45) is 0 Å². The van der Waals surface area contributed by atoms with Gasteiger partial charge in [0.15, 0.2) is 0 Å². The zero-order valence-electron chi connectivity index (χ0n) is 14.2. The molecule has 24 heavy (non-hydrogen) atoms. The minimum Gasteiger partial charge on any atom is -0.481 e. The van der Waals surface area contributed by atoms with Crippen LogP contribution in [0.25, 0.3) is 0 Å². The van der Waals surface area contributed by atoms with Gasteiger partial charge >= 0.3 is 5.97 Å². The molecule has 3 rings (SSSR count). The second kappa shape index (κ2) is 7.40. The molecule has 0 amide bonds. The first-order valence-electron chi connectivity index (χ1n) is 8.35. The lowest BCUT2D eigenvalue weighted by Crippen LogP contribution is -2.23. The largest absolute Gasteiger partial charge is 0.481 e. The number of thiazole rings is 1. The Labute approximate surface area is 146 Å². The van der Waals surface area contributed by atoms with Crippen LogP contribution in [0.15, 0.2) is 17.6 Å². The average molecular weight is 345 g/mol. The van der Waals surface area contributed by atoms with Crippen molar-refractivity contribution in [1.29, 1.82) is 0 Å².